The number of phenolic OH excluding ortho intramolecular Hbond substituents is 1. The lowest BCUT2D eigenvalue weighted by Gasteiger charge is -2.09. The first kappa shape index (κ1) is 21.5. The quantitative estimate of drug-likeness (QED) is 0.532. The molecule has 2 rings (SSSR count). The molecule has 0 aliphatic carbocycles. The Hall–Kier alpha value is -2.80. The van der Waals surface area contributed by atoms with Crippen molar-refractivity contribution in [2.45, 2.75) is 33.2 Å². The number of halogens is 1. The van der Waals surface area contributed by atoms with Crippen LogP contribution < -0.4 is 0 Å². The third-order valence-corrected chi connectivity index (χ3v) is 4.61. The summed E-state index contributed by atoms with van der Waals surface area (Å²) >= 11 is 5.73. The summed E-state index contributed by atoms with van der Waals surface area (Å²) in [5.41, 5.74) is 1.99. The van der Waals surface area contributed by atoms with Crippen molar-refractivity contribution in [3.63, 3.8) is 0 Å². The molecule has 150 valence electrons. The third kappa shape index (κ3) is 5.13. The average molecular weight is 408 g/mol. The number of ketones is 1. The maximum atomic E-state index is 12.5. The molecular weight excluding hydrogens is 386 g/mol. The van der Waals surface area contributed by atoms with Crippen molar-refractivity contribution in [2.75, 3.05) is 13.7 Å². The zero-order chi connectivity index (χ0) is 20.8. The third-order valence-electron chi connectivity index (χ3n) is 4.38. The van der Waals surface area contributed by atoms with Gasteiger partial charge in [-0.2, -0.15) is 0 Å². The van der Waals surface area contributed by atoms with E-state index < -0.39 is 12.6 Å². The molecule has 1 aromatic carbocycles. The molecule has 0 saturated carbocycles. The highest BCUT2D eigenvalue weighted by molar-refractivity contribution is 6.30. The molecule has 0 bridgehead atoms. The van der Waals surface area contributed by atoms with Gasteiger partial charge in [-0.05, 0) is 44.5 Å². The molecule has 28 heavy (non-hydrogen) atoms. The molecule has 1 N–H and O–H groups in total. The van der Waals surface area contributed by atoms with Crippen LogP contribution in [0, 0.1) is 13.8 Å². The zero-order valence-corrected chi connectivity index (χ0v) is 16.7. The number of phenols is 1. The van der Waals surface area contributed by atoms with Gasteiger partial charge in [0.25, 0.3) is 0 Å². The minimum Gasteiger partial charge on any atom is -0.507 e. The number of aromatic hydroxyl groups is 1. The second kappa shape index (κ2) is 9.41. The Morgan fingerprint density at radius 1 is 1.14 bits per heavy atom. The summed E-state index contributed by atoms with van der Waals surface area (Å²) in [6.07, 6.45) is 0.876. The minimum absolute atomic E-state index is 0.0644. The van der Waals surface area contributed by atoms with Gasteiger partial charge >= 0.3 is 11.9 Å². The van der Waals surface area contributed by atoms with Crippen molar-refractivity contribution in [1.82, 2.24) is 4.57 Å². The summed E-state index contributed by atoms with van der Waals surface area (Å²) in [6.45, 7) is 3.77. The number of rotatable bonds is 8. The Bertz CT molecular complexity index is 902. The number of aromatic nitrogens is 1. The SMILES string of the molecule is COC(=O)CCCn1c(C)cc(C(=O)COC(=O)c2ccc(Cl)cc2O)c1C. The number of ether oxygens (including phenoxy) is 2. The van der Waals surface area contributed by atoms with Crippen LogP contribution in [0.15, 0.2) is 24.3 Å². The summed E-state index contributed by atoms with van der Waals surface area (Å²) in [5.74, 6) is -1.76. The Kier molecular flexibility index (Phi) is 7.23. The number of carbonyl (C=O) groups excluding carboxylic acids is 3. The topological polar surface area (TPSA) is 94.8 Å². The molecule has 0 saturated heterocycles. The molecular formula is C20H22ClNO6. The van der Waals surface area contributed by atoms with Crippen molar-refractivity contribution in [2.24, 2.45) is 0 Å². The monoisotopic (exact) mass is 407 g/mol. The smallest absolute Gasteiger partial charge is 0.342 e. The molecule has 0 aliphatic heterocycles. The van der Waals surface area contributed by atoms with E-state index in [2.05, 4.69) is 4.74 Å². The molecule has 8 heteroatoms. The maximum absolute atomic E-state index is 12.5. The molecule has 2 aromatic rings. The number of aryl methyl sites for hydroxylation is 1. The van der Waals surface area contributed by atoms with Crippen LogP contribution >= 0.6 is 11.6 Å². The van der Waals surface area contributed by atoms with E-state index in [-0.39, 0.29) is 28.1 Å². The van der Waals surface area contributed by atoms with Crippen LogP contribution in [-0.4, -0.2) is 41.1 Å². The lowest BCUT2D eigenvalue weighted by Crippen LogP contribution is -2.15. The lowest BCUT2D eigenvalue weighted by atomic mass is 10.1. The van der Waals surface area contributed by atoms with Crippen LogP contribution in [0.25, 0.3) is 0 Å². The Morgan fingerprint density at radius 3 is 2.50 bits per heavy atom. The van der Waals surface area contributed by atoms with Gasteiger partial charge in [-0.1, -0.05) is 11.6 Å². The van der Waals surface area contributed by atoms with E-state index in [9.17, 15) is 19.5 Å². The molecule has 1 aromatic heterocycles. The van der Waals surface area contributed by atoms with E-state index in [1.54, 1.807) is 13.0 Å². The van der Waals surface area contributed by atoms with E-state index in [0.717, 1.165) is 11.4 Å². The van der Waals surface area contributed by atoms with Gasteiger partial charge < -0.3 is 19.1 Å². The van der Waals surface area contributed by atoms with Crippen molar-refractivity contribution in [3.05, 3.63) is 51.8 Å². The number of hydrogen-bond donors (Lipinski definition) is 1. The normalized spacial score (nSPS) is 10.6. The van der Waals surface area contributed by atoms with Crippen LogP contribution in [0.3, 0.4) is 0 Å². The van der Waals surface area contributed by atoms with Crippen molar-refractivity contribution >= 4 is 29.3 Å². The predicted octanol–water partition coefficient (Wildman–Crippen LogP) is 3.46. The molecule has 7 nitrogen and oxygen atoms in total. The summed E-state index contributed by atoms with van der Waals surface area (Å²) in [5, 5.41) is 10.0. The number of esters is 2. The standard InChI is InChI=1S/C20H22ClNO6/c1-12-9-16(13(2)22(12)8-4-5-19(25)27-3)18(24)11-28-20(26)15-7-6-14(21)10-17(15)23/h6-7,9-10,23H,4-5,8,11H2,1-3H3. The van der Waals surface area contributed by atoms with Crippen LogP contribution in [0.2, 0.25) is 5.02 Å². The lowest BCUT2D eigenvalue weighted by molar-refractivity contribution is -0.140. The molecule has 0 atom stereocenters. The second-order valence-corrected chi connectivity index (χ2v) is 6.71. The first-order valence-corrected chi connectivity index (χ1v) is 9.04. The molecule has 0 unspecified atom stereocenters. The van der Waals surface area contributed by atoms with Gasteiger partial charge in [0.2, 0.25) is 5.78 Å². The van der Waals surface area contributed by atoms with Gasteiger partial charge in [0.05, 0.1) is 7.11 Å². The second-order valence-electron chi connectivity index (χ2n) is 6.28. The fourth-order valence-electron chi connectivity index (χ4n) is 2.88. The molecule has 0 radical (unpaired) electrons. The highest BCUT2D eigenvalue weighted by atomic mass is 35.5. The zero-order valence-electron chi connectivity index (χ0n) is 16.0. The van der Waals surface area contributed by atoms with Gasteiger partial charge in [-0.25, -0.2) is 4.79 Å². The van der Waals surface area contributed by atoms with Gasteiger partial charge in [0.1, 0.15) is 11.3 Å². The number of benzene rings is 1. The first-order valence-electron chi connectivity index (χ1n) is 8.67. The van der Waals surface area contributed by atoms with E-state index in [0.29, 0.717) is 24.9 Å². The van der Waals surface area contributed by atoms with E-state index >= 15 is 0 Å². The van der Waals surface area contributed by atoms with Gasteiger partial charge in [-0.15, -0.1) is 0 Å². The van der Waals surface area contributed by atoms with Gasteiger partial charge in [-0.3, -0.25) is 9.59 Å². The minimum atomic E-state index is -0.811. The van der Waals surface area contributed by atoms with Crippen LogP contribution in [-0.2, 0) is 20.8 Å². The van der Waals surface area contributed by atoms with Gasteiger partial charge in [0.15, 0.2) is 6.61 Å². The van der Waals surface area contributed by atoms with Crippen LogP contribution in [0.5, 0.6) is 5.75 Å². The Morgan fingerprint density at radius 2 is 1.86 bits per heavy atom. The highest BCUT2D eigenvalue weighted by Gasteiger charge is 2.19. The number of hydrogen-bond acceptors (Lipinski definition) is 6. The molecule has 1 heterocycles. The van der Waals surface area contributed by atoms with Crippen LogP contribution in [0.1, 0.15) is 44.9 Å². The summed E-state index contributed by atoms with van der Waals surface area (Å²) in [6, 6.07) is 5.73. The van der Waals surface area contributed by atoms with E-state index in [1.165, 1.54) is 25.3 Å². The number of Topliss-reactive ketones (excluding diaryl/α,β-unsaturated/α-hetero) is 1. The van der Waals surface area contributed by atoms with Crippen molar-refractivity contribution < 1.29 is 29.0 Å². The molecule has 0 spiro atoms. The summed E-state index contributed by atoms with van der Waals surface area (Å²) in [7, 11) is 1.34. The average Bonchev–Trinajstić information content (AvgIpc) is 2.93. The fraction of sp³-hybridized carbons (Fsp3) is 0.350. The Balaban J connectivity index is 2.01. The largest absolute Gasteiger partial charge is 0.507 e. The molecule has 0 aliphatic rings. The summed E-state index contributed by atoms with van der Waals surface area (Å²) < 4.78 is 11.6. The van der Waals surface area contributed by atoms with Gasteiger partial charge in [0, 0.05) is 34.9 Å². The van der Waals surface area contributed by atoms with Crippen molar-refractivity contribution in [3.8, 4) is 5.75 Å². The number of carbonyl (C=O) groups is 3. The first-order chi connectivity index (χ1) is 13.2. The number of methoxy groups -OCH3 is 1. The highest BCUT2D eigenvalue weighted by Crippen LogP contribution is 2.23. The molecule has 0 fully saturated rings. The Labute approximate surface area is 167 Å². The van der Waals surface area contributed by atoms with E-state index in [4.69, 9.17) is 16.3 Å². The predicted molar refractivity (Wildman–Crippen MR) is 103 cm³/mol. The maximum Gasteiger partial charge on any atom is 0.342 e. The summed E-state index contributed by atoms with van der Waals surface area (Å²) in [4.78, 5) is 35.8. The number of nitrogens with zero attached hydrogens (tertiary/aromatic N) is 1. The molecule has 0 amide bonds. The van der Waals surface area contributed by atoms with Crippen LogP contribution in [0.4, 0.5) is 0 Å². The van der Waals surface area contributed by atoms with E-state index in [1.807, 2.05) is 11.5 Å². The van der Waals surface area contributed by atoms with Crippen molar-refractivity contribution in [1.29, 1.82) is 0 Å². The fourth-order valence-corrected chi connectivity index (χ4v) is 3.04.